The molecule has 13 heteroatoms. The zero-order chi connectivity index (χ0) is 27.0. The van der Waals surface area contributed by atoms with Crippen molar-refractivity contribution in [3.05, 3.63) is 36.0 Å². The number of hydrogen-bond acceptors (Lipinski definition) is 7. The lowest BCUT2D eigenvalue weighted by atomic mass is 10.0. The van der Waals surface area contributed by atoms with E-state index < -0.39 is 72.7 Å². The van der Waals surface area contributed by atoms with Gasteiger partial charge >= 0.3 is 5.97 Å². The third kappa shape index (κ3) is 7.52. The maximum absolute atomic E-state index is 13.2. The molecule has 0 saturated carbocycles. The number of nitrogens with one attached hydrogen (secondary N) is 4. The van der Waals surface area contributed by atoms with Crippen LogP contribution in [-0.2, 0) is 30.4 Å². The minimum absolute atomic E-state index is 0.0195. The van der Waals surface area contributed by atoms with E-state index in [4.69, 9.17) is 11.5 Å². The van der Waals surface area contributed by atoms with E-state index in [-0.39, 0.29) is 6.42 Å². The monoisotopic (exact) mass is 504 g/mol. The second-order valence-electron chi connectivity index (χ2n) is 8.71. The van der Waals surface area contributed by atoms with Crippen LogP contribution in [0.1, 0.15) is 25.8 Å². The molecule has 0 fully saturated rings. The van der Waals surface area contributed by atoms with Gasteiger partial charge in [-0.15, -0.1) is 0 Å². The number of aliphatic hydroxyl groups excluding tert-OH is 1. The van der Waals surface area contributed by atoms with E-state index in [1.165, 1.54) is 0 Å². The van der Waals surface area contributed by atoms with Crippen molar-refractivity contribution in [1.29, 1.82) is 0 Å². The Balaban J connectivity index is 2.30. The summed E-state index contributed by atoms with van der Waals surface area (Å²) in [7, 11) is 0. The highest BCUT2D eigenvalue weighted by molar-refractivity contribution is 5.96. The number of nitrogens with two attached hydrogens (primary N) is 2. The summed E-state index contributed by atoms with van der Waals surface area (Å²) in [6, 6.07) is 1.96. The van der Waals surface area contributed by atoms with Gasteiger partial charge in [0.05, 0.1) is 13.0 Å². The van der Waals surface area contributed by atoms with E-state index in [1.54, 1.807) is 26.1 Å². The number of para-hydroxylation sites is 1. The van der Waals surface area contributed by atoms with Crippen LogP contribution in [0.4, 0.5) is 0 Å². The number of carbonyl (C=O) groups excluding carboxylic acids is 4. The Morgan fingerprint density at radius 3 is 2.17 bits per heavy atom. The van der Waals surface area contributed by atoms with Crippen molar-refractivity contribution in [2.75, 3.05) is 6.61 Å². The van der Waals surface area contributed by atoms with Crippen LogP contribution in [0.2, 0.25) is 0 Å². The molecular formula is C23H32N6O7. The number of aliphatic hydroxyl groups is 1. The average Bonchev–Trinajstić information content (AvgIpc) is 3.22. The maximum atomic E-state index is 13.2. The fourth-order valence-corrected chi connectivity index (χ4v) is 3.54. The Morgan fingerprint density at radius 1 is 0.972 bits per heavy atom. The maximum Gasteiger partial charge on any atom is 0.326 e. The first-order valence-corrected chi connectivity index (χ1v) is 11.3. The average molecular weight is 505 g/mol. The van der Waals surface area contributed by atoms with Crippen molar-refractivity contribution in [1.82, 2.24) is 20.9 Å². The van der Waals surface area contributed by atoms with E-state index >= 15 is 0 Å². The van der Waals surface area contributed by atoms with Crippen LogP contribution >= 0.6 is 0 Å². The highest BCUT2D eigenvalue weighted by atomic mass is 16.4. The van der Waals surface area contributed by atoms with Gasteiger partial charge in [0.25, 0.3) is 0 Å². The smallest absolute Gasteiger partial charge is 0.326 e. The molecule has 196 valence electrons. The Bertz CT molecular complexity index is 1120. The number of H-pyrrole nitrogens is 1. The number of primary amides is 1. The number of fused-ring (bicyclic) bond motifs is 1. The summed E-state index contributed by atoms with van der Waals surface area (Å²) >= 11 is 0. The summed E-state index contributed by atoms with van der Waals surface area (Å²) in [5.41, 5.74) is 12.3. The Labute approximate surface area is 207 Å². The lowest BCUT2D eigenvalue weighted by Crippen LogP contribution is -2.59. The molecule has 10 N–H and O–H groups in total. The highest BCUT2D eigenvalue weighted by Gasteiger charge is 2.32. The molecule has 0 aliphatic rings. The number of amides is 4. The van der Waals surface area contributed by atoms with Gasteiger partial charge in [0.15, 0.2) is 0 Å². The molecule has 0 aliphatic carbocycles. The van der Waals surface area contributed by atoms with Crippen molar-refractivity contribution in [2.45, 2.75) is 50.9 Å². The molecular weight excluding hydrogens is 472 g/mol. The molecule has 13 nitrogen and oxygen atoms in total. The van der Waals surface area contributed by atoms with Gasteiger partial charge in [-0.2, -0.15) is 0 Å². The number of carboxylic acids is 1. The van der Waals surface area contributed by atoms with Crippen LogP contribution in [0.25, 0.3) is 10.9 Å². The molecule has 0 bridgehead atoms. The summed E-state index contributed by atoms with van der Waals surface area (Å²) < 4.78 is 0. The molecule has 0 saturated heterocycles. The first-order chi connectivity index (χ1) is 16.9. The minimum atomic E-state index is -1.50. The predicted octanol–water partition coefficient (Wildman–Crippen LogP) is -1.90. The molecule has 2 aromatic rings. The Morgan fingerprint density at radius 2 is 1.58 bits per heavy atom. The fourth-order valence-electron chi connectivity index (χ4n) is 3.54. The molecule has 0 radical (unpaired) electrons. The van der Waals surface area contributed by atoms with Crippen molar-refractivity contribution >= 4 is 40.5 Å². The second-order valence-corrected chi connectivity index (χ2v) is 8.71. The lowest BCUT2D eigenvalue weighted by Gasteiger charge is -2.25. The van der Waals surface area contributed by atoms with Gasteiger partial charge in [0.2, 0.25) is 23.6 Å². The van der Waals surface area contributed by atoms with Gasteiger partial charge in [-0.3, -0.25) is 19.2 Å². The first-order valence-electron chi connectivity index (χ1n) is 11.3. The molecule has 4 atom stereocenters. The van der Waals surface area contributed by atoms with Crippen LogP contribution in [0.5, 0.6) is 0 Å². The van der Waals surface area contributed by atoms with E-state index in [1.807, 2.05) is 18.2 Å². The number of aromatic amines is 1. The summed E-state index contributed by atoms with van der Waals surface area (Å²) in [6.45, 7) is 2.50. The van der Waals surface area contributed by atoms with Gasteiger partial charge < -0.3 is 42.6 Å². The molecule has 0 aliphatic heterocycles. The third-order valence-corrected chi connectivity index (χ3v) is 5.53. The zero-order valence-electron chi connectivity index (χ0n) is 20.0. The van der Waals surface area contributed by atoms with E-state index in [2.05, 4.69) is 20.9 Å². The van der Waals surface area contributed by atoms with Gasteiger partial charge in [-0.1, -0.05) is 32.0 Å². The zero-order valence-corrected chi connectivity index (χ0v) is 20.0. The number of carboxylic acid groups (broad SMARTS) is 1. The van der Waals surface area contributed by atoms with Crippen molar-refractivity contribution < 1.29 is 34.2 Å². The number of rotatable bonds is 13. The van der Waals surface area contributed by atoms with Gasteiger partial charge in [0.1, 0.15) is 24.2 Å². The molecule has 1 aromatic heterocycles. The minimum Gasteiger partial charge on any atom is -0.480 e. The first kappa shape index (κ1) is 28.3. The quantitative estimate of drug-likeness (QED) is 0.153. The predicted molar refractivity (Wildman–Crippen MR) is 129 cm³/mol. The topological polar surface area (TPSA) is 230 Å². The molecule has 4 unspecified atom stereocenters. The number of benzene rings is 1. The van der Waals surface area contributed by atoms with Gasteiger partial charge in [0, 0.05) is 23.5 Å². The summed E-state index contributed by atoms with van der Waals surface area (Å²) in [5.74, 6) is -5.25. The van der Waals surface area contributed by atoms with Gasteiger partial charge in [-0.05, 0) is 17.5 Å². The summed E-state index contributed by atoms with van der Waals surface area (Å²) in [6.07, 6.45) is 1.04. The largest absolute Gasteiger partial charge is 0.480 e. The number of hydrogen-bond donors (Lipinski definition) is 8. The lowest BCUT2D eigenvalue weighted by molar-refractivity contribution is -0.143. The number of carbonyl (C=O) groups is 5. The van der Waals surface area contributed by atoms with Crippen LogP contribution < -0.4 is 27.4 Å². The molecule has 36 heavy (non-hydrogen) atoms. The highest BCUT2D eigenvalue weighted by Crippen LogP contribution is 2.19. The molecule has 4 amide bonds. The van der Waals surface area contributed by atoms with Crippen LogP contribution in [0, 0.1) is 5.92 Å². The van der Waals surface area contributed by atoms with Gasteiger partial charge in [-0.25, -0.2) is 4.79 Å². The van der Waals surface area contributed by atoms with E-state index in [9.17, 15) is 34.2 Å². The normalized spacial score (nSPS) is 14.5. The van der Waals surface area contributed by atoms with E-state index in [0.717, 1.165) is 10.9 Å². The number of aliphatic carboxylic acids is 1. The molecule has 2 rings (SSSR count). The Kier molecular flexibility index (Phi) is 9.93. The molecule has 0 spiro atoms. The standard InChI is InChI=1S/C23H32N6O7/c1-11(2)19(23(35)36)29-22(34)17(8-18(25)31)28-21(33)16(27-20(32)14(24)10-30)7-12-9-26-15-6-4-3-5-13(12)15/h3-6,9,11,14,16-17,19,26,30H,7-8,10,24H2,1-2H3,(H2,25,31)(H,27,32)(H,28,33)(H,29,34)(H,35,36). The van der Waals surface area contributed by atoms with Crippen molar-refractivity contribution in [2.24, 2.45) is 17.4 Å². The molecule has 1 aromatic carbocycles. The SMILES string of the molecule is CC(C)C(NC(=O)C(CC(N)=O)NC(=O)C(Cc1c[nH]c2ccccc12)NC(=O)C(N)CO)C(=O)O. The third-order valence-electron chi connectivity index (χ3n) is 5.53. The summed E-state index contributed by atoms with van der Waals surface area (Å²) in [5, 5.41) is 26.5. The van der Waals surface area contributed by atoms with Crippen LogP contribution in [0.3, 0.4) is 0 Å². The van der Waals surface area contributed by atoms with Crippen LogP contribution in [-0.4, -0.2) is 75.6 Å². The molecule has 1 heterocycles. The van der Waals surface area contributed by atoms with E-state index in [0.29, 0.717) is 5.56 Å². The number of aromatic nitrogens is 1. The Hall–Kier alpha value is -3.97. The van der Waals surface area contributed by atoms with Crippen LogP contribution in [0.15, 0.2) is 30.5 Å². The second kappa shape index (κ2) is 12.7. The fraction of sp³-hybridized carbons (Fsp3) is 0.435. The summed E-state index contributed by atoms with van der Waals surface area (Å²) in [4.78, 5) is 64.5. The van der Waals surface area contributed by atoms with Crippen molar-refractivity contribution in [3.8, 4) is 0 Å². The van der Waals surface area contributed by atoms with Crippen molar-refractivity contribution in [3.63, 3.8) is 0 Å².